The molecule has 20 heavy (non-hydrogen) atoms. The van der Waals surface area contributed by atoms with Crippen LogP contribution in [-0.4, -0.2) is 40.6 Å². The SMILES string of the molecule is CC(C)CN(c1nc(N)nc(N2CCCC2)n1)C1CC1. The van der Waals surface area contributed by atoms with E-state index in [-0.39, 0.29) is 0 Å². The molecule has 6 heteroatoms. The van der Waals surface area contributed by atoms with Crippen LogP contribution < -0.4 is 15.5 Å². The molecule has 0 unspecified atom stereocenters. The molecular weight excluding hydrogens is 252 g/mol. The highest BCUT2D eigenvalue weighted by atomic mass is 15.4. The van der Waals surface area contributed by atoms with E-state index in [0.29, 0.717) is 17.9 Å². The highest BCUT2D eigenvalue weighted by Gasteiger charge is 2.32. The third-order valence-corrected chi connectivity index (χ3v) is 3.82. The lowest BCUT2D eigenvalue weighted by molar-refractivity contribution is 0.596. The van der Waals surface area contributed by atoms with Crippen molar-refractivity contribution >= 4 is 17.8 Å². The molecule has 0 amide bonds. The van der Waals surface area contributed by atoms with Crippen molar-refractivity contribution in [3.8, 4) is 0 Å². The van der Waals surface area contributed by atoms with Crippen molar-refractivity contribution in [2.24, 2.45) is 5.92 Å². The second-order valence-corrected chi connectivity index (χ2v) is 6.27. The van der Waals surface area contributed by atoms with Gasteiger partial charge < -0.3 is 15.5 Å². The minimum Gasteiger partial charge on any atom is -0.368 e. The Labute approximate surface area is 120 Å². The normalized spacial score (nSPS) is 18.9. The third kappa shape index (κ3) is 2.94. The highest BCUT2D eigenvalue weighted by Crippen LogP contribution is 2.31. The van der Waals surface area contributed by atoms with Gasteiger partial charge in [0.15, 0.2) is 0 Å². The van der Waals surface area contributed by atoms with Gasteiger partial charge in [0.2, 0.25) is 17.8 Å². The molecule has 1 saturated carbocycles. The molecule has 3 rings (SSSR count). The van der Waals surface area contributed by atoms with Crippen LogP contribution in [0.3, 0.4) is 0 Å². The average molecular weight is 276 g/mol. The third-order valence-electron chi connectivity index (χ3n) is 3.82. The molecule has 0 radical (unpaired) electrons. The fourth-order valence-electron chi connectivity index (χ4n) is 2.73. The number of anilines is 3. The van der Waals surface area contributed by atoms with Crippen LogP contribution in [0.5, 0.6) is 0 Å². The Kier molecular flexibility index (Phi) is 3.63. The van der Waals surface area contributed by atoms with E-state index in [1.165, 1.54) is 25.7 Å². The first-order chi connectivity index (χ1) is 9.63. The summed E-state index contributed by atoms with van der Waals surface area (Å²) >= 11 is 0. The van der Waals surface area contributed by atoms with Crippen LogP contribution in [-0.2, 0) is 0 Å². The fraction of sp³-hybridized carbons (Fsp3) is 0.786. The molecule has 1 aliphatic carbocycles. The smallest absolute Gasteiger partial charge is 0.232 e. The van der Waals surface area contributed by atoms with Gasteiger partial charge in [0.25, 0.3) is 0 Å². The van der Waals surface area contributed by atoms with E-state index in [0.717, 1.165) is 31.5 Å². The number of nitrogens with zero attached hydrogens (tertiary/aromatic N) is 5. The van der Waals surface area contributed by atoms with Gasteiger partial charge in [-0.25, -0.2) is 0 Å². The Morgan fingerprint density at radius 3 is 2.50 bits per heavy atom. The molecule has 2 heterocycles. The first kappa shape index (κ1) is 13.4. The molecule has 2 fully saturated rings. The zero-order chi connectivity index (χ0) is 14.1. The van der Waals surface area contributed by atoms with Gasteiger partial charge in [-0.05, 0) is 31.6 Å². The van der Waals surface area contributed by atoms with E-state index in [1.54, 1.807) is 0 Å². The molecule has 0 atom stereocenters. The monoisotopic (exact) mass is 276 g/mol. The van der Waals surface area contributed by atoms with Gasteiger partial charge in [-0.3, -0.25) is 0 Å². The van der Waals surface area contributed by atoms with E-state index in [1.807, 2.05) is 0 Å². The summed E-state index contributed by atoms with van der Waals surface area (Å²) in [7, 11) is 0. The van der Waals surface area contributed by atoms with Gasteiger partial charge >= 0.3 is 0 Å². The van der Waals surface area contributed by atoms with Gasteiger partial charge in [0.05, 0.1) is 0 Å². The molecule has 2 aliphatic rings. The van der Waals surface area contributed by atoms with Crippen molar-refractivity contribution in [3.05, 3.63) is 0 Å². The van der Waals surface area contributed by atoms with E-state index < -0.39 is 0 Å². The molecule has 0 aromatic carbocycles. The first-order valence-corrected chi connectivity index (χ1v) is 7.66. The molecule has 1 aliphatic heterocycles. The topological polar surface area (TPSA) is 71.2 Å². The Morgan fingerprint density at radius 2 is 1.90 bits per heavy atom. The molecule has 2 N–H and O–H groups in total. The molecular formula is C14H24N6. The summed E-state index contributed by atoms with van der Waals surface area (Å²) in [5.74, 6) is 2.44. The summed E-state index contributed by atoms with van der Waals surface area (Å²) in [6.07, 6.45) is 4.88. The van der Waals surface area contributed by atoms with Crippen LogP contribution in [0.2, 0.25) is 0 Å². The van der Waals surface area contributed by atoms with Gasteiger partial charge in [0, 0.05) is 25.7 Å². The molecule has 0 spiro atoms. The lowest BCUT2D eigenvalue weighted by Gasteiger charge is -2.25. The average Bonchev–Trinajstić information content (AvgIpc) is 3.08. The highest BCUT2D eigenvalue weighted by molar-refractivity contribution is 5.45. The van der Waals surface area contributed by atoms with Crippen LogP contribution in [0.4, 0.5) is 17.8 Å². The van der Waals surface area contributed by atoms with Crippen molar-refractivity contribution < 1.29 is 0 Å². The van der Waals surface area contributed by atoms with Gasteiger partial charge in [-0.15, -0.1) is 0 Å². The number of nitrogen functional groups attached to an aromatic ring is 1. The Balaban J connectivity index is 1.86. The van der Waals surface area contributed by atoms with E-state index in [4.69, 9.17) is 5.73 Å². The van der Waals surface area contributed by atoms with Gasteiger partial charge in [-0.1, -0.05) is 13.8 Å². The molecule has 1 aromatic heterocycles. The van der Waals surface area contributed by atoms with E-state index in [2.05, 4.69) is 38.6 Å². The second-order valence-electron chi connectivity index (χ2n) is 6.27. The van der Waals surface area contributed by atoms with Crippen molar-refractivity contribution in [2.45, 2.75) is 45.6 Å². The van der Waals surface area contributed by atoms with Crippen molar-refractivity contribution in [3.63, 3.8) is 0 Å². The summed E-state index contributed by atoms with van der Waals surface area (Å²) in [6.45, 7) is 7.48. The zero-order valence-electron chi connectivity index (χ0n) is 12.4. The molecule has 110 valence electrons. The van der Waals surface area contributed by atoms with E-state index in [9.17, 15) is 0 Å². The predicted molar refractivity (Wildman–Crippen MR) is 80.9 cm³/mol. The molecule has 6 nitrogen and oxygen atoms in total. The Bertz CT molecular complexity index is 465. The molecule has 0 bridgehead atoms. The number of nitrogens with two attached hydrogens (primary N) is 1. The van der Waals surface area contributed by atoms with Gasteiger partial charge in [0.1, 0.15) is 0 Å². The lowest BCUT2D eigenvalue weighted by atomic mass is 10.2. The van der Waals surface area contributed by atoms with Crippen LogP contribution in [0.25, 0.3) is 0 Å². The number of rotatable bonds is 5. The maximum atomic E-state index is 5.90. The zero-order valence-corrected chi connectivity index (χ0v) is 12.4. The second kappa shape index (κ2) is 5.42. The largest absolute Gasteiger partial charge is 0.368 e. The Hall–Kier alpha value is -1.59. The van der Waals surface area contributed by atoms with Crippen LogP contribution in [0.15, 0.2) is 0 Å². The summed E-state index contributed by atoms with van der Waals surface area (Å²) in [4.78, 5) is 17.9. The Morgan fingerprint density at radius 1 is 1.20 bits per heavy atom. The molecule has 1 saturated heterocycles. The summed E-state index contributed by atoms with van der Waals surface area (Å²) in [6, 6.07) is 0.589. The van der Waals surface area contributed by atoms with Crippen molar-refractivity contribution in [2.75, 3.05) is 35.2 Å². The maximum absolute atomic E-state index is 5.90. The number of hydrogen-bond acceptors (Lipinski definition) is 6. The predicted octanol–water partition coefficient (Wildman–Crippen LogP) is 1.68. The first-order valence-electron chi connectivity index (χ1n) is 7.66. The quantitative estimate of drug-likeness (QED) is 0.882. The summed E-state index contributed by atoms with van der Waals surface area (Å²) in [5.41, 5.74) is 5.90. The molecule has 1 aromatic rings. The van der Waals surface area contributed by atoms with Crippen LogP contribution >= 0.6 is 0 Å². The van der Waals surface area contributed by atoms with Crippen molar-refractivity contribution in [1.29, 1.82) is 0 Å². The minimum atomic E-state index is 0.339. The number of hydrogen-bond donors (Lipinski definition) is 1. The van der Waals surface area contributed by atoms with Crippen LogP contribution in [0.1, 0.15) is 39.5 Å². The van der Waals surface area contributed by atoms with Gasteiger partial charge in [-0.2, -0.15) is 15.0 Å². The van der Waals surface area contributed by atoms with Crippen molar-refractivity contribution in [1.82, 2.24) is 15.0 Å². The maximum Gasteiger partial charge on any atom is 0.232 e. The standard InChI is InChI=1S/C14H24N6/c1-10(2)9-20(11-5-6-11)14-17-12(15)16-13(18-14)19-7-3-4-8-19/h10-11H,3-9H2,1-2H3,(H2,15,16,17,18). The minimum absolute atomic E-state index is 0.339. The summed E-state index contributed by atoms with van der Waals surface area (Å²) in [5, 5.41) is 0. The van der Waals surface area contributed by atoms with E-state index >= 15 is 0 Å². The van der Waals surface area contributed by atoms with Crippen LogP contribution in [0, 0.1) is 5.92 Å². The summed E-state index contributed by atoms with van der Waals surface area (Å²) < 4.78 is 0. The number of aromatic nitrogens is 3. The lowest BCUT2D eigenvalue weighted by Crippen LogP contribution is -2.33. The fourth-order valence-corrected chi connectivity index (χ4v) is 2.73.